The second-order valence-corrected chi connectivity index (χ2v) is 7.93. The van der Waals surface area contributed by atoms with Gasteiger partial charge in [0.25, 0.3) is 5.91 Å². The zero-order chi connectivity index (χ0) is 23.3. The van der Waals surface area contributed by atoms with Gasteiger partial charge in [-0.05, 0) is 37.9 Å². The number of rotatable bonds is 8. The summed E-state index contributed by atoms with van der Waals surface area (Å²) < 4.78 is 43.7. The van der Waals surface area contributed by atoms with E-state index in [9.17, 15) is 27.9 Å². The number of hydrogen-bond donors (Lipinski definition) is 4. The lowest BCUT2D eigenvalue weighted by atomic mass is 9.96. The molecule has 0 unspecified atom stereocenters. The second-order valence-electron chi connectivity index (χ2n) is 7.93. The Morgan fingerprint density at radius 2 is 1.97 bits per heavy atom. The van der Waals surface area contributed by atoms with Crippen LogP contribution in [0.15, 0.2) is 39.5 Å². The van der Waals surface area contributed by atoms with Crippen molar-refractivity contribution < 1.29 is 27.5 Å². The molecule has 12 heteroatoms. The van der Waals surface area contributed by atoms with Crippen molar-refractivity contribution in [1.82, 2.24) is 20.4 Å². The van der Waals surface area contributed by atoms with Gasteiger partial charge in [0.2, 0.25) is 5.89 Å². The van der Waals surface area contributed by atoms with Crippen LogP contribution in [-0.4, -0.2) is 64.1 Å². The minimum absolute atomic E-state index is 0.0603. The number of nitrogens with two attached hydrogens (primary N) is 1. The molecule has 1 fully saturated rings. The number of carbonyl (C=O) groups is 1. The van der Waals surface area contributed by atoms with E-state index in [1.165, 1.54) is 0 Å². The van der Waals surface area contributed by atoms with Gasteiger partial charge in [-0.15, -0.1) is 5.10 Å². The molecule has 0 saturated carbocycles. The molecule has 1 aliphatic rings. The first-order valence-electron chi connectivity index (χ1n) is 10.3. The number of amides is 1. The molecule has 5 N–H and O–H groups in total. The fraction of sp³-hybridized carbons (Fsp3) is 0.550. The molecule has 1 aromatic heterocycles. The molecule has 3 atom stereocenters. The Kier molecular flexibility index (Phi) is 7.69. The quantitative estimate of drug-likeness (QED) is 0.458. The van der Waals surface area contributed by atoms with Crippen LogP contribution in [0.1, 0.15) is 30.3 Å². The van der Waals surface area contributed by atoms with Gasteiger partial charge in [0.15, 0.2) is 0 Å². The summed E-state index contributed by atoms with van der Waals surface area (Å²) in [5.74, 6) is -3.14. The molecule has 1 aliphatic heterocycles. The number of benzene rings is 1. The minimum atomic E-state index is -4.24. The number of nitrogens with one attached hydrogen (secondary N) is 2. The Hall–Kier alpha value is -2.70. The minimum Gasteiger partial charge on any atom is -0.390 e. The molecule has 0 bridgehead atoms. The Balaban J connectivity index is 1.63. The van der Waals surface area contributed by atoms with E-state index in [0.717, 1.165) is 5.56 Å². The van der Waals surface area contributed by atoms with E-state index in [4.69, 9.17) is 10.2 Å². The van der Waals surface area contributed by atoms with Gasteiger partial charge < -0.3 is 25.5 Å². The van der Waals surface area contributed by atoms with Crippen molar-refractivity contribution in [3.63, 3.8) is 0 Å². The number of halogens is 3. The molecule has 32 heavy (non-hydrogen) atoms. The largest absolute Gasteiger partial charge is 0.434 e. The highest BCUT2D eigenvalue weighted by molar-refractivity contribution is 5.81. The number of alkyl halides is 3. The molecular weight excluding hydrogens is 431 g/mol. The number of aliphatic hydroxyl groups excluding tert-OH is 1. The van der Waals surface area contributed by atoms with Crippen LogP contribution in [0.4, 0.5) is 13.2 Å². The lowest BCUT2D eigenvalue weighted by molar-refractivity contribution is -0.185. The van der Waals surface area contributed by atoms with Gasteiger partial charge in [0.05, 0.1) is 5.92 Å². The smallest absolute Gasteiger partial charge is 0.390 e. The number of nitrogens with zero attached hydrogens (tertiary/aromatic N) is 2. The predicted molar refractivity (Wildman–Crippen MR) is 107 cm³/mol. The summed E-state index contributed by atoms with van der Waals surface area (Å²) in [7, 11) is 0. The van der Waals surface area contributed by atoms with Crippen molar-refractivity contribution in [3.05, 3.63) is 52.3 Å². The maximum Gasteiger partial charge on any atom is 0.434 e. The van der Waals surface area contributed by atoms with Crippen LogP contribution in [0, 0.1) is 5.92 Å². The van der Waals surface area contributed by atoms with Crippen molar-refractivity contribution in [2.45, 2.75) is 43.6 Å². The van der Waals surface area contributed by atoms with E-state index >= 15 is 0 Å². The fourth-order valence-electron chi connectivity index (χ4n) is 3.73. The SMILES string of the molecule is N[C@H](Cc1ccccc1)[C@H](O)C(=O)N[C@H](CN1CCC(C(F)(F)F)CC1)c1n[nH]c(=O)o1. The van der Waals surface area contributed by atoms with Gasteiger partial charge in [-0.1, -0.05) is 30.3 Å². The van der Waals surface area contributed by atoms with Crippen LogP contribution in [0.2, 0.25) is 0 Å². The molecule has 0 spiro atoms. The van der Waals surface area contributed by atoms with Crippen LogP contribution in [0.5, 0.6) is 0 Å². The van der Waals surface area contributed by atoms with Gasteiger partial charge >= 0.3 is 11.9 Å². The normalized spacial score (nSPS) is 18.8. The lowest BCUT2D eigenvalue weighted by Gasteiger charge is -2.34. The molecule has 1 saturated heterocycles. The van der Waals surface area contributed by atoms with Gasteiger partial charge in [-0.2, -0.15) is 13.2 Å². The number of piperidine rings is 1. The number of aromatic amines is 1. The predicted octanol–water partition coefficient (Wildman–Crippen LogP) is 0.725. The Morgan fingerprint density at radius 3 is 2.53 bits per heavy atom. The van der Waals surface area contributed by atoms with Crippen molar-refractivity contribution >= 4 is 5.91 Å². The Labute approximate surface area is 181 Å². The van der Waals surface area contributed by atoms with Gasteiger partial charge in [-0.3, -0.25) is 4.79 Å². The van der Waals surface area contributed by atoms with Crippen molar-refractivity contribution in [2.24, 2.45) is 11.7 Å². The molecule has 0 radical (unpaired) electrons. The third-order valence-electron chi connectivity index (χ3n) is 5.55. The average Bonchev–Trinajstić information content (AvgIpc) is 3.19. The van der Waals surface area contributed by atoms with Crippen molar-refractivity contribution in [1.29, 1.82) is 0 Å². The highest BCUT2D eigenvalue weighted by atomic mass is 19.4. The van der Waals surface area contributed by atoms with Crippen LogP contribution in [0.3, 0.4) is 0 Å². The average molecular weight is 457 g/mol. The number of hydrogen-bond acceptors (Lipinski definition) is 7. The van der Waals surface area contributed by atoms with Crippen molar-refractivity contribution in [3.8, 4) is 0 Å². The van der Waals surface area contributed by atoms with E-state index in [2.05, 4.69) is 15.5 Å². The molecule has 2 heterocycles. The number of aliphatic hydroxyl groups is 1. The lowest BCUT2D eigenvalue weighted by Crippen LogP contribution is -2.50. The topological polar surface area (TPSA) is 137 Å². The van der Waals surface area contributed by atoms with E-state index < -0.39 is 41.9 Å². The first-order valence-corrected chi connectivity index (χ1v) is 10.3. The summed E-state index contributed by atoms with van der Waals surface area (Å²) in [6, 6.07) is 7.23. The molecule has 0 aliphatic carbocycles. The van der Waals surface area contributed by atoms with Gasteiger partial charge in [0.1, 0.15) is 12.1 Å². The summed E-state index contributed by atoms with van der Waals surface area (Å²) in [6.45, 7) is 0.368. The monoisotopic (exact) mass is 457 g/mol. The third-order valence-corrected chi connectivity index (χ3v) is 5.55. The van der Waals surface area contributed by atoms with Gasteiger partial charge in [-0.25, -0.2) is 9.89 Å². The summed E-state index contributed by atoms with van der Waals surface area (Å²) in [5.41, 5.74) is 6.83. The zero-order valence-electron chi connectivity index (χ0n) is 17.2. The second kappa shape index (κ2) is 10.3. The molecular formula is C20H26F3N5O4. The van der Waals surface area contributed by atoms with E-state index in [1.807, 2.05) is 30.3 Å². The van der Waals surface area contributed by atoms with E-state index in [-0.39, 0.29) is 44.8 Å². The van der Waals surface area contributed by atoms with Crippen LogP contribution < -0.4 is 16.8 Å². The maximum atomic E-state index is 12.9. The highest BCUT2D eigenvalue weighted by Crippen LogP contribution is 2.34. The molecule has 1 amide bonds. The number of aromatic nitrogens is 2. The summed E-state index contributed by atoms with van der Waals surface area (Å²) in [5, 5.41) is 18.8. The van der Waals surface area contributed by atoms with Crippen LogP contribution in [0.25, 0.3) is 0 Å². The third kappa shape index (κ3) is 6.40. The zero-order valence-corrected chi connectivity index (χ0v) is 17.2. The highest BCUT2D eigenvalue weighted by Gasteiger charge is 2.41. The molecule has 3 rings (SSSR count). The number of likely N-dealkylation sites (tertiary alicyclic amines) is 1. The molecule has 176 valence electrons. The summed E-state index contributed by atoms with van der Waals surface area (Å²) in [6.07, 6.45) is -5.69. The standard InChI is InChI=1S/C20H26F3N5O4/c21-20(22,23)13-6-8-28(9-7-13)11-15(18-26-27-19(31)32-18)25-17(30)16(29)14(24)10-12-4-2-1-3-5-12/h1-5,13-16,29H,6-11,24H2,(H,25,30)(H,27,31)/t14-,15-,16+/m1/s1. The first kappa shape index (κ1) is 24.0. The molecule has 1 aromatic carbocycles. The number of carbonyl (C=O) groups excluding carboxylic acids is 1. The van der Waals surface area contributed by atoms with Crippen LogP contribution in [-0.2, 0) is 11.2 Å². The maximum absolute atomic E-state index is 12.9. The van der Waals surface area contributed by atoms with Gasteiger partial charge in [0, 0.05) is 12.6 Å². The first-order chi connectivity index (χ1) is 15.1. The van der Waals surface area contributed by atoms with E-state index in [1.54, 1.807) is 4.90 Å². The Bertz CT molecular complexity index is 925. The van der Waals surface area contributed by atoms with Crippen LogP contribution >= 0.6 is 0 Å². The molecule has 2 aromatic rings. The summed E-state index contributed by atoms with van der Waals surface area (Å²) >= 11 is 0. The Morgan fingerprint density at radius 1 is 1.31 bits per heavy atom. The van der Waals surface area contributed by atoms with Crippen molar-refractivity contribution in [2.75, 3.05) is 19.6 Å². The molecule has 9 nitrogen and oxygen atoms in total. The number of H-pyrrole nitrogens is 1. The summed E-state index contributed by atoms with van der Waals surface area (Å²) in [4.78, 5) is 25.7. The van der Waals surface area contributed by atoms with E-state index in [0.29, 0.717) is 0 Å². The fourth-order valence-corrected chi connectivity index (χ4v) is 3.73.